The Morgan fingerprint density at radius 3 is 2.70 bits per heavy atom. The predicted octanol–water partition coefficient (Wildman–Crippen LogP) is 1.24. The van der Waals surface area contributed by atoms with Gasteiger partial charge in [-0.2, -0.15) is 0 Å². The van der Waals surface area contributed by atoms with Crippen LogP contribution in [0.1, 0.15) is 6.92 Å². The van der Waals surface area contributed by atoms with Gasteiger partial charge in [0.1, 0.15) is 18.2 Å². The van der Waals surface area contributed by atoms with Crippen molar-refractivity contribution in [2.75, 3.05) is 51.4 Å². The lowest BCUT2D eigenvalue weighted by atomic mass is 10.2. The number of anilines is 1. The van der Waals surface area contributed by atoms with Crippen LogP contribution in [-0.2, 0) is 4.74 Å². The lowest BCUT2D eigenvalue weighted by molar-refractivity contribution is 0.0186. The Kier molecular flexibility index (Phi) is 5.14. The van der Waals surface area contributed by atoms with Crippen molar-refractivity contribution >= 4 is 5.82 Å². The SMILES string of the molecule is COCC(C)(F)COc1ccc(N2CCNCC2)nc1. The number of nitrogens with one attached hydrogen (secondary N) is 1. The maximum Gasteiger partial charge on any atom is 0.165 e. The van der Waals surface area contributed by atoms with Crippen molar-refractivity contribution in [3.63, 3.8) is 0 Å². The standard InChI is InChI=1S/C14H22FN3O2/c1-14(15,10-19-2)11-20-12-3-4-13(17-9-12)18-7-5-16-6-8-18/h3-4,9,16H,5-8,10-11H2,1-2H3. The molecule has 20 heavy (non-hydrogen) atoms. The van der Waals surface area contributed by atoms with Gasteiger partial charge in [-0.3, -0.25) is 0 Å². The van der Waals surface area contributed by atoms with Crippen molar-refractivity contribution < 1.29 is 13.9 Å². The van der Waals surface area contributed by atoms with E-state index in [9.17, 15) is 4.39 Å². The highest BCUT2D eigenvalue weighted by Gasteiger charge is 2.24. The third-order valence-electron chi connectivity index (χ3n) is 3.15. The predicted molar refractivity (Wildman–Crippen MR) is 76.2 cm³/mol. The lowest BCUT2D eigenvalue weighted by Crippen LogP contribution is -2.43. The molecule has 0 aromatic carbocycles. The summed E-state index contributed by atoms with van der Waals surface area (Å²) in [4.78, 5) is 6.58. The molecule has 0 radical (unpaired) electrons. The van der Waals surface area contributed by atoms with E-state index in [-0.39, 0.29) is 13.2 Å². The fraction of sp³-hybridized carbons (Fsp3) is 0.643. The van der Waals surface area contributed by atoms with Crippen molar-refractivity contribution in [3.8, 4) is 5.75 Å². The van der Waals surface area contributed by atoms with Crippen molar-refractivity contribution in [3.05, 3.63) is 18.3 Å². The van der Waals surface area contributed by atoms with Crippen molar-refractivity contribution in [1.82, 2.24) is 10.3 Å². The van der Waals surface area contributed by atoms with Crippen LogP contribution >= 0.6 is 0 Å². The molecular weight excluding hydrogens is 261 g/mol. The first kappa shape index (κ1) is 15.0. The number of aromatic nitrogens is 1. The fourth-order valence-corrected chi connectivity index (χ4v) is 2.12. The second kappa shape index (κ2) is 6.85. The largest absolute Gasteiger partial charge is 0.489 e. The highest BCUT2D eigenvalue weighted by atomic mass is 19.1. The van der Waals surface area contributed by atoms with Gasteiger partial charge in [0.25, 0.3) is 0 Å². The molecule has 1 aromatic heterocycles. The van der Waals surface area contributed by atoms with Crippen LogP contribution in [0.25, 0.3) is 0 Å². The number of hydrogen-bond acceptors (Lipinski definition) is 5. The van der Waals surface area contributed by atoms with Crippen LogP contribution in [0, 0.1) is 0 Å². The van der Waals surface area contributed by atoms with Gasteiger partial charge in [0.05, 0.1) is 12.8 Å². The molecule has 0 aliphatic carbocycles. The van der Waals surface area contributed by atoms with Crippen molar-refractivity contribution in [1.29, 1.82) is 0 Å². The zero-order valence-corrected chi connectivity index (χ0v) is 12.1. The summed E-state index contributed by atoms with van der Waals surface area (Å²) in [5, 5.41) is 3.30. The minimum Gasteiger partial charge on any atom is -0.489 e. The van der Waals surface area contributed by atoms with Gasteiger partial charge >= 0.3 is 0 Å². The Morgan fingerprint density at radius 2 is 2.10 bits per heavy atom. The Labute approximate surface area is 119 Å². The number of hydrogen-bond donors (Lipinski definition) is 1. The van der Waals surface area contributed by atoms with Crippen LogP contribution in [0.4, 0.5) is 10.2 Å². The van der Waals surface area contributed by atoms with E-state index in [0.717, 1.165) is 32.0 Å². The van der Waals surface area contributed by atoms with Gasteiger partial charge in [-0.15, -0.1) is 0 Å². The Hall–Kier alpha value is -1.40. The number of ether oxygens (including phenoxy) is 2. The van der Waals surface area contributed by atoms with Gasteiger partial charge in [0.15, 0.2) is 5.67 Å². The maximum atomic E-state index is 13.9. The summed E-state index contributed by atoms with van der Waals surface area (Å²) in [6.07, 6.45) is 1.64. The van der Waals surface area contributed by atoms with Crippen LogP contribution in [-0.4, -0.2) is 57.2 Å². The van der Waals surface area contributed by atoms with Gasteiger partial charge in [-0.1, -0.05) is 0 Å². The van der Waals surface area contributed by atoms with Gasteiger partial charge in [-0.25, -0.2) is 9.37 Å². The van der Waals surface area contributed by atoms with Crippen LogP contribution in [0.2, 0.25) is 0 Å². The van der Waals surface area contributed by atoms with E-state index in [1.54, 1.807) is 6.20 Å². The summed E-state index contributed by atoms with van der Waals surface area (Å²) in [6, 6.07) is 3.74. The number of halogens is 1. The second-order valence-corrected chi connectivity index (χ2v) is 5.22. The quantitative estimate of drug-likeness (QED) is 0.851. The van der Waals surface area contributed by atoms with E-state index in [1.807, 2.05) is 12.1 Å². The first-order valence-corrected chi connectivity index (χ1v) is 6.83. The molecule has 1 atom stereocenters. The smallest absolute Gasteiger partial charge is 0.165 e. The molecule has 0 bridgehead atoms. The molecule has 2 heterocycles. The van der Waals surface area contributed by atoms with E-state index in [2.05, 4.69) is 15.2 Å². The monoisotopic (exact) mass is 283 g/mol. The molecule has 112 valence electrons. The highest BCUT2D eigenvalue weighted by Crippen LogP contribution is 2.18. The maximum absolute atomic E-state index is 13.9. The zero-order chi connectivity index (χ0) is 14.4. The summed E-state index contributed by atoms with van der Waals surface area (Å²) in [5.41, 5.74) is -1.49. The summed E-state index contributed by atoms with van der Waals surface area (Å²) >= 11 is 0. The van der Waals surface area contributed by atoms with Crippen LogP contribution in [0.5, 0.6) is 5.75 Å². The van der Waals surface area contributed by atoms with Crippen molar-refractivity contribution in [2.24, 2.45) is 0 Å². The number of alkyl halides is 1. The molecule has 1 saturated heterocycles. The normalized spacial score (nSPS) is 18.6. The molecule has 6 heteroatoms. The molecule has 5 nitrogen and oxygen atoms in total. The molecule has 1 N–H and O–H groups in total. The lowest BCUT2D eigenvalue weighted by Gasteiger charge is -2.28. The van der Waals surface area contributed by atoms with E-state index >= 15 is 0 Å². The van der Waals surface area contributed by atoms with E-state index in [1.165, 1.54) is 14.0 Å². The zero-order valence-electron chi connectivity index (χ0n) is 12.1. The first-order valence-electron chi connectivity index (χ1n) is 6.83. The van der Waals surface area contributed by atoms with E-state index in [4.69, 9.17) is 9.47 Å². The average molecular weight is 283 g/mol. The number of nitrogens with zero attached hydrogens (tertiary/aromatic N) is 2. The third kappa shape index (κ3) is 4.31. The highest BCUT2D eigenvalue weighted by molar-refractivity contribution is 5.41. The molecule has 1 fully saturated rings. The summed E-state index contributed by atoms with van der Waals surface area (Å²) in [5.74, 6) is 1.50. The van der Waals surface area contributed by atoms with Gasteiger partial charge in [0, 0.05) is 33.3 Å². The number of piperazine rings is 1. The minimum atomic E-state index is -1.49. The molecule has 1 aliphatic rings. The fourth-order valence-electron chi connectivity index (χ4n) is 2.12. The molecule has 0 saturated carbocycles. The molecule has 0 spiro atoms. The summed E-state index contributed by atoms with van der Waals surface area (Å²) in [7, 11) is 1.47. The molecule has 2 rings (SSSR count). The van der Waals surface area contributed by atoms with Crippen LogP contribution in [0.15, 0.2) is 18.3 Å². The Morgan fingerprint density at radius 1 is 1.35 bits per heavy atom. The molecule has 1 aliphatic heterocycles. The van der Waals surface area contributed by atoms with E-state index < -0.39 is 5.67 Å². The van der Waals surface area contributed by atoms with E-state index in [0.29, 0.717) is 5.75 Å². The molecular formula is C14H22FN3O2. The Balaban J connectivity index is 1.88. The van der Waals surface area contributed by atoms with Crippen molar-refractivity contribution in [2.45, 2.75) is 12.6 Å². The topological polar surface area (TPSA) is 46.6 Å². The third-order valence-corrected chi connectivity index (χ3v) is 3.15. The Bertz CT molecular complexity index is 405. The minimum absolute atomic E-state index is 0.0132. The first-order chi connectivity index (χ1) is 9.61. The molecule has 1 aromatic rings. The number of methoxy groups -OCH3 is 1. The second-order valence-electron chi connectivity index (χ2n) is 5.22. The van der Waals surface area contributed by atoms with Crippen LogP contribution in [0.3, 0.4) is 0 Å². The summed E-state index contributed by atoms with van der Waals surface area (Å²) in [6.45, 7) is 5.26. The number of rotatable bonds is 6. The van der Waals surface area contributed by atoms with Gasteiger partial charge in [0.2, 0.25) is 0 Å². The van der Waals surface area contributed by atoms with Crippen LogP contribution < -0.4 is 15.0 Å². The molecule has 0 amide bonds. The average Bonchev–Trinajstić information content (AvgIpc) is 2.47. The van der Waals surface area contributed by atoms with Gasteiger partial charge < -0.3 is 19.7 Å². The van der Waals surface area contributed by atoms with Gasteiger partial charge in [-0.05, 0) is 19.1 Å². The summed E-state index contributed by atoms with van der Waals surface area (Å²) < 4.78 is 24.1. The molecule has 1 unspecified atom stereocenters. The number of pyridine rings is 1.